The van der Waals surface area contributed by atoms with Gasteiger partial charge in [-0.2, -0.15) is 0 Å². The van der Waals surface area contributed by atoms with Crippen molar-refractivity contribution in [2.75, 3.05) is 26.2 Å². The number of benzene rings is 1. The third kappa shape index (κ3) is 4.04. The van der Waals surface area contributed by atoms with Crippen molar-refractivity contribution in [1.82, 2.24) is 4.90 Å². The molecule has 3 rings (SSSR count). The van der Waals surface area contributed by atoms with Crippen LogP contribution in [0.2, 0.25) is 0 Å². The topological polar surface area (TPSA) is 38.8 Å². The minimum Gasteiger partial charge on any atom is -0.492 e. The maximum atomic E-state index is 11.9. The fraction of sp³-hybridized carbons (Fsp3) is 0.632. The molecule has 4 nitrogen and oxygen atoms in total. The molecule has 5 heteroatoms. The van der Waals surface area contributed by atoms with Gasteiger partial charge in [0.2, 0.25) is 0 Å². The predicted molar refractivity (Wildman–Crippen MR) is 102 cm³/mol. The summed E-state index contributed by atoms with van der Waals surface area (Å²) in [5.41, 5.74) is 1.14. The van der Waals surface area contributed by atoms with Crippen LogP contribution in [0.1, 0.15) is 45.6 Å². The van der Waals surface area contributed by atoms with E-state index in [0.29, 0.717) is 6.42 Å². The van der Waals surface area contributed by atoms with Gasteiger partial charge in [0.25, 0.3) is 0 Å². The van der Waals surface area contributed by atoms with Gasteiger partial charge in [-0.3, -0.25) is 4.79 Å². The Kier molecular flexibility index (Phi) is 5.12. The second-order valence-corrected chi connectivity index (χ2v) is 9.13. The van der Waals surface area contributed by atoms with Crippen molar-refractivity contribution < 1.29 is 14.3 Å². The van der Waals surface area contributed by atoms with E-state index in [-0.39, 0.29) is 11.4 Å². The average molecular weight is 443 g/mol. The Morgan fingerprint density at radius 1 is 1.33 bits per heavy atom. The number of fused-ring (bicyclic) bond motifs is 2. The minimum absolute atomic E-state index is 0.105. The van der Waals surface area contributed by atoms with Gasteiger partial charge in [-0.15, -0.1) is 0 Å². The Balaban J connectivity index is 1.53. The molecule has 2 aliphatic rings. The minimum atomic E-state index is -0.397. The summed E-state index contributed by atoms with van der Waals surface area (Å²) in [5, 5.41) is 0. The van der Waals surface area contributed by atoms with E-state index < -0.39 is 5.60 Å². The van der Waals surface area contributed by atoms with Gasteiger partial charge in [0.15, 0.2) is 0 Å². The van der Waals surface area contributed by atoms with E-state index in [4.69, 9.17) is 9.47 Å². The van der Waals surface area contributed by atoms with E-state index in [1.165, 1.54) is 9.13 Å². The highest BCUT2D eigenvalue weighted by molar-refractivity contribution is 14.1. The number of carbonyl (C=O) groups excluding carboxylic acids is 1. The second-order valence-electron chi connectivity index (χ2n) is 7.89. The zero-order chi connectivity index (χ0) is 17.4. The second kappa shape index (κ2) is 6.83. The van der Waals surface area contributed by atoms with E-state index in [1.807, 2.05) is 20.8 Å². The molecule has 0 N–H and O–H groups in total. The summed E-state index contributed by atoms with van der Waals surface area (Å²) < 4.78 is 12.6. The van der Waals surface area contributed by atoms with Crippen molar-refractivity contribution >= 4 is 28.6 Å². The lowest BCUT2D eigenvalue weighted by Crippen LogP contribution is -2.44. The number of nitrogens with zero attached hydrogens (tertiary/aromatic N) is 1. The highest BCUT2D eigenvalue weighted by atomic mass is 127. The lowest BCUT2D eigenvalue weighted by Gasteiger charge is -2.38. The van der Waals surface area contributed by atoms with Crippen molar-refractivity contribution in [2.45, 2.75) is 51.0 Å². The first-order chi connectivity index (χ1) is 11.3. The predicted octanol–water partition coefficient (Wildman–Crippen LogP) is 3.75. The van der Waals surface area contributed by atoms with Crippen LogP contribution in [0.15, 0.2) is 18.2 Å². The maximum absolute atomic E-state index is 11.9. The van der Waals surface area contributed by atoms with Gasteiger partial charge >= 0.3 is 5.97 Å². The Bertz CT molecular complexity index is 616. The largest absolute Gasteiger partial charge is 0.492 e. The monoisotopic (exact) mass is 443 g/mol. The van der Waals surface area contributed by atoms with Crippen LogP contribution in [0.5, 0.6) is 5.75 Å². The van der Waals surface area contributed by atoms with Gasteiger partial charge in [-0.1, -0.05) is 6.07 Å². The van der Waals surface area contributed by atoms with E-state index in [2.05, 4.69) is 45.7 Å². The van der Waals surface area contributed by atoms with Gasteiger partial charge in [0, 0.05) is 21.1 Å². The zero-order valence-corrected chi connectivity index (χ0v) is 16.9. The van der Waals surface area contributed by atoms with Crippen molar-refractivity contribution in [3.63, 3.8) is 0 Å². The summed E-state index contributed by atoms with van der Waals surface area (Å²) in [7, 11) is 0. The normalized spacial score (nSPS) is 19.8. The molecule has 24 heavy (non-hydrogen) atoms. The fourth-order valence-electron chi connectivity index (χ4n) is 3.61. The molecule has 1 fully saturated rings. The number of carbonyl (C=O) groups is 1. The van der Waals surface area contributed by atoms with Gasteiger partial charge in [0.1, 0.15) is 11.4 Å². The fourth-order valence-corrected chi connectivity index (χ4v) is 4.07. The Morgan fingerprint density at radius 3 is 2.71 bits per heavy atom. The van der Waals surface area contributed by atoms with Crippen LogP contribution in [-0.4, -0.2) is 42.7 Å². The first-order valence-electron chi connectivity index (χ1n) is 8.65. The van der Waals surface area contributed by atoms with E-state index in [0.717, 1.165) is 44.8 Å². The number of ether oxygens (including phenoxy) is 2. The molecular weight excluding hydrogens is 417 g/mol. The van der Waals surface area contributed by atoms with Crippen molar-refractivity contribution in [3.05, 3.63) is 27.3 Å². The third-order valence-electron chi connectivity index (χ3n) is 4.88. The lowest BCUT2D eigenvalue weighted by molar-refractivity contribution is -0.155. The molecule has 0 aromatic heterocycles. The molecule has 0 unspecified atom stereocenters. The smallest absolute Gasteiger partial charge is 0.307 e. The van der Waals surface area contributed by atoms with E-state index in [9.17, 15) is 4.79 Å². The molecule has 132 valence electrons. The molecule has 0 saturated carbocycles. The molecule has 1 saturated heterocycles. The van der Waals surface area contributed by atoms with Crippen LogP contribution in [0.25, 0.3) is 0 Å². The van der Waals surface area contributed by atoms with Gasteiger partial charge in [0.05, 0.1) is 13.0 Å². The highest BCUT2D eigenvalue weighted by Gasteiger charge is 2.42. The van der Waals surface area contributed by atoms with Crippen LogP contribution in [0, 0.1) is 3.57 Å². The van der Waals surface area contributed by atoms with Crippen LogP contribution in [-0.2, 0) is 14.9 Å². The van der Waals surface area contributed by atoms with Crippen molar-refractivity contribution in [2.24, 2.45) is 0 Å². The van der Waals surface area contributed by atoms with Gasteiger partial charge in [-0.05, 0) is 81.4 Å². The average Bonchev–Trinajstić information content (AvgIpc) is 2.83. The number of piperidine rings is 1. The zero-order valence-electron chi connectivity index (χ0n) is 14.7. The molecule has 1 spiro atoms. The Hall–Kier alpha value is -0.820. The van der Waals surface area contributed by atoms with E-state index >= 15 is 0 Å². The summed E-state index contributed by atoms with van der Waals surface area (Å²) >= 11 is 2.33. The number of esters is 1. The number of halogens is 1. The SMILES string of the molecule is CC(C)(C)OC(=O)CCN1CCC2(CC1)COc1cc(I)ccc12. The molecule has 2 heterocycles. The summed E-state index contributed by atoms with van der Waals surface area (Å²) in [6, 6.07) is 6.55. The number of rotatable bonds is 3. The first-order valence-corrected chi connectivity index (χ1v) is 9.72. The highest BCUT2D eigenvalue weighted by Crippen LogP contribution is 2.45. The number of likely N-dealkylation sites (tertiary alicyclic amines) is 1. The summed E-state index contributed by atoms with van der Waals surface area (Å²) in [4.78, 5) is 14.3. The van der Waals surface area contributed by atoms with Crippen LogP contribution >= 0.6 is 22.6 Å². The molecule has 0 radical (unpaired) electrons. The van der Waals surface area contributed by atoms with Crippen molar-refractivity contribution in [1.29, 1.82) is 0 Å². The molecule has 1 aromatic rings. The quantitative estimate of drug-likeness (QED) is 0.527. The van der Waals surface area contributed by atoms with Gasteiger partial charge in [-0.25, -0.2) is 0 Å². The van der Waals surface area contributed by atoms with Gasteiger partial charge < -0.3 is 14.4 Å². The van der Waals surface area contributed by atoms with Crippen LogP contribution in [0.4, 0.5) is 0 Å². The molecule has 0 amide bonds. The van der Waals surface area contributed by atoms with Crippen molar-refractivity contribution in [3.8, 4) is 5.75 Å². The first kappa shape index (κ1) is 18.0. The summed E-state index contributed by atoms with van der Waals surface area (Å²) in [6.07, 6.45) is 2.65. The number of hydrogen-bond donors (Lipinski definition) is 0. The summed E-state index contributed by atoms with van der Waals surface area (Å²) in [6.45, 7) is 9.33. The maximum Gasteiger partial charge on any atom is 0.307 e. The third-order valence-corrected chi connectivity index (χ3v) is 5.56. The molecular formula is C19H26INO3. The molecule has 1 aromatic carbocycles. The molecule has 0 atom stereocenters. The van der Waals surface area contributed by atoms with Crippen LogP contribution in [0.3, 0.4) is 0 Å². The molecule has 2 aliphatic heterocycles. The van der Waals surface area contributed by atoms with Crippen LogP contribution < -0.4 is 4.74 Å². The summed E-state index contributed by atoms with van der Waals surface area (Å²) in [5.74, 6) is 0.955. The molecule has 0 bridgehead atoms. The standard InChI is InChI=1S/C19H26INO3/c1-18(2,3)24-17(22)6-9-21-10-7-19(8-11-21)13-23-16-12-14(20)4-5-15(16)19/h4-5,12H,6-11,13H2,1-3H3. The van der Waals surface area contributed by atoms with E-state index in [1.54, 1.807) is 0 Å². The Morgan fingerprint density at radius 2 is 2.04 bits per heavy atom. The lowest BCUT2D eigenvalue weighted by atomic mass is 9.74. The number of hydrogen-bond acceptors (Lipinski definition) is 4. The molecule has 0 aliphatic carbocycles. The Labute approximate surface area is 158 Å².